The van der Waals surface area contributed by atoms with Crippen LogP contribution in [0, 0.1) is 6.92 Å². The molecule has 0 aliphatic heterocycles. The fraction of sp³-hybridized carbons (Fsp3) is 0.143. The molecule has 0 aromatic heterocycles. The minimum absolute atomic E-state index is 0. The van der Waals surface area contributed by atoms with Crippen LogP contribution >= 0.6 is 33.0 Å². The normalized spacial score (nSPS) is 14.6. The van der Waals surface area contributed by atoms with Gasteiger partial charge in [0, 0.05) is 0 Å². The molecule has 0 fully saturated rings. The van der Waals surface area contributed by atoms with Crippen molar-refractivity contribution in [3.05, 3.63) is 35.9 Å². The zero-order valence-electron chi connectivity index (χ0n) is 11.0. The first kappa shape index (κ1) is 27.6. The molecule has 0 aliphatic rings. The fourth-order valence-electron chi connectivity index (χ4n) is 0.670. The van der Waals surface area contributed by atoms with Gasteiger partial charge >= 0.3 is 26.2 Å². The Morgan fingerprint density at radius 2 is 1.00 bits per heavy atom. The molecule has 15 heteroatoms. The van der Waals surface area contributed by atoms with Crippen LogP contribution < -0.4 is 19.6 Å². The van der Waals surface area contributed by atoms with Gasteiger partial charge in [-0.15, -0.1) is 0 Å². The van der Waals surface area contributed by atoms with Crippen LogP contribution in [0.2, 0.25) is 0 Å². The first-order valence-corrected chi connectivity index (χ1v) is 9.76. The van der Waals surface area contributed by atoms with Crippen LogP contribution in [0.5, 0.6) is 0 Å². The molecule has 0 heterocycles. The van der Waals surface area contributed by atoms with Crippen LogP contribution in [0.25, 0.3) is 0 Å². The molecular formula is C7H12O10P4Zr. The summed E-state index contributed by atoms with van der Waals surface area (Å²) in [6, 6.07) is 10.3. The van der Waals surface area contributed by atoms with E-state index < -0.39 is 33.0 Å². The van der Waals surface area contributed by atoms with Crippen molar-refractivity contribution in [1.29, 1.82) is 0 Å². The largest absolute Gasteiger partial charge is 4.00 e. The van der Waals surface area contributed by atoms with Gasteiger partial charge in [0.2, 0.25) is 0 Å². The van der Waals surface area contributed by atoms with Crippen LogP contribution in [0.1, 0.15) is 5.56 Å². The molecule has 4 unspecified atom stereocenters. The molecule has 22 heavy (non-hydrogen) atoms. The smallest absolute Gasteiger partial charge is 0.781 e. The van der Waals surface area contributed by atoms with E-state index >= 15 is 0 Å². The Bertz CT molecular complexity index is 433. The third-order valence-corrected chi connectivity index (χ3v) is 3.94. The molecular weight excluding hydrogens is 459 g/mol. The average molecular weight is 471 g/mol. The Balaban J connectivity index is -0.000000241. The summed E-state index contributed by atoms with van der Waals surface area (Å²) in [7, 11) is -14.1. The summed E-state index contributed by atoms with van der Waals surface area (Å²) >= 11 is 0. The molecule has 0 saturated carbocycles. The van der Waals surface area contributed by atoms with E-state index in [0.29, 0.717) is 0 Å². The van der Waals surface area contributed by atoms with Crippen molar-refractivity contribution in [3.63, 3.8) is 0 Å². The molecule has 0 aliphatic carbocycles. The van der Waals surface area contributed by atoms with Gasteiger partial charge in [0.05, 0.1) is 0 Å². The summed E-state index contributed by atoms with van der Waals surface area (Å²) in [6.07, 6.45) is 0. The monoisotopic (exact) mass is 470 g/mol. The second kappa shape index (κ2) is 18.1. The van der Waals surface area contributed by atoms with E-state index in [9.17, 15) is 37.8 Å². The Hall–Kier alpha value is 0.783. The molecule has 0 N–H and O–H groups in total. The zero-order valence-corrected chi connectivity index (χ0v) is 17.4. The molecule has 1 aromatic carbocycles. The van der Waals surface area contributed by atoms with Gasteiger partial charge in [0.15, 0.2) is 0 Å². The standard InChI is InChI=1S/C7H8.2H4O5P2.Zr/c1-7-5-3-2-4-6-7;2*1-6(2)5-7(3)4;/h2-6H,1H3;2*6-7H,(H,1,2)(H,3,4);/q;;;+4/p-4. The summed E-state index contributed by atoms with van der Waals surface area (Å²) < 4.78 is 43.6. The molecule has 124 valence electrons. The molecule has 4 atom stereocenters. The van der Waals surface area contributed by atoms with Gasteiger partial charge in [-0.3, -0.25) is 8.62 Å². The third kappa shape index (κ3) is 28.9. The van der Waals surface area contributed by atoms with E-state index in [1.807, 2.05) is 18.2 Å². The van der Waals surface area contributed by atoms with Crippen molar-refractivity contribution in [2.45, 2.75) is 6.92 Å². The van der Waals surface area contributed by atoms with E-state index in [1.165, 1.54) is 5.56 Å². The van der Waals surface area contributed by atoms with Crippen molar-refractivity contribution >= 4 is 33.0 Å². The van der Waals surface area contributed by atoms with Crippen LogP contribution in [0.4, 0.5) is 0 Å². The quantitative estimate of drug-likeness (QED) is 0.494. The van der Waals surface area contributed by atoms with E-state index in [4.69, 9.17) is 0 Å². The summed E-state index contributed by atoms with van der Waals surface area (Å²) in [5.41, 5.74) is 1.32. The molecule has 1 rings (SSSR count). The Kier molecular flexibility index (Phi) is 22.8. The van der Waals surface area contributed by atoms with Crippen molar-refractivity contribution in [2.75, 3.05) is 0 Å². The van der Waals surface area contributed by atoms with Gasteiger partial charge in [-0.05, 0) is 6.92 Å². The van der Waals surface area contributed by atoms with Crippen LogP contribution in [-0.2, 0) is 53.1 Å². The SMILES string of the molecule is Cc1ccccc1.O=[PH]([O-])O[PH](=O)[O-].O=[PH]([O-])O[PH](=O)[O-].[Zr+4]. The zero-order chi connectivity index (χ0) is 16.8. The summed E-state index contributed by atoms with van der Waals surface area (Å²) in [6.45, 7) is 2.08. The van der Waals surface area contributed by atoms with E-state index in [1.54, 1.807) is 0 Å². The van der Waals surface area contributed by atoms with Gasteiger partial charge in [0.25, 0.3) is 0 Å². The second-order valence-corrected chi connectivity index (χ2v) is 6.49. The molecule has 0 saturated heterocycles. The first-order chi connectivity index (χ1) is 9.65. The molecule has 0 bridgehead atoms. The van der Waals surface area contributed by atoms with E-state index in [2.05, 4.69) is 27.7 Å². The molecule has 1 aromatic rings. The topological polar surface area (TPSA) is 179 Å². The Morgan fingerprint density at radius 1 is 0.727 bits per heavy atom. The molecule has 10 nitrogen and oxygen atoms in total. The summed E-state index contributed by atoms with van der Waals surface area (Å²) in [5, 5.41) is 0. The van der Waals surface area contributed by atoms with Crippen LogP contribution in [0.15, 0.2) is 30.3 Å². The van der Waals surface area contributed by atoms with Gasteiger partial charge in [0.1, 0.15) is 33.0 Å². The van der Waals surface area contributed by atoms with Crippen molar-refractivity contribution < 1.29 is 72.7 Å². The van der Waals surface area contributed by atoms with E-state index in [-0.39, 0.29) is 26.2 Å². The predicted molar refractivity (Wildman–Crippen MR) is 69.4 cm³/mol. The molecule has 0 radical (unpaired) electrons. The minimum atomic E-state index is -3.51. The van der Waals surface area contributed by atoms with Gasteiger partial charge in [-0.25, -0.2) is 0 Å². The van der Waals surface area contributed by atoms with Crippen LogP contribution in [-0.4, -0.2) is 0 Å². The Labute approximate surface area is 148 Å². The third-order valence-electron chi connectivity index (χ3n) is 1.27. The number of rotatable bonds is 4. The molecule has 0 amide bonds. The summed E-state index contributed by atoms with van der Waals surface area (Å²) in [4.78, 5) is 37.1. The van der Waals surface area contributed by atoms with E-state index in [0.717, 1.165) is 0 Å². The maximum absolute atomic E-state index is 9.29. The predicted octanol–water partition coefficient (Wildman–Crippen LogP) is -1.00. The second-order valence-electron chi connectivity index (χ2n) is 2.86. The average Bonchev–Trinajstić information content (AvgIpc) is 2.27. The number of hydrogen-bond donors (Lipinski definition) is 0. The van der Waals surface area contributed by atoms with Gasteiger partial charge in [-0.1, -0.05) is 35.9 Å². The van der Waals surface area contributed by atoms with Crippen LogP contribution in [0.3, 0.4) is 0 Å². The minimum Gasteiger partial charge on any atom is -0.781 e. The van der Waals surface area contributed by atoms with Gasteiger partial charge < -0.3 is 37.8 Å². The maximum Gasteiger partial charge on any atom is 4.00 e. The van der Waals surface area contributed by atoms with Gasteiger partial charge in [-0.2, -0.15) is 0 Å². The maximum atomic E-state index is 9.29. The Morgan fingerprint density at radius 3 is 1.09 bits per heavy atom. The van der Waals surface area contributed by atoms with Crippen molar-refractivity contribution in [2.24, 2.45) is 0 Å². The fourth-order valence-corrected chi connectivity index (χ4v) is 1.76. The number of benzene rings is 1. The van der Waals surface area contributed by atoms with Crippen molar-refractivity contribution in [1.82, 2.24) is 0 Å². The first-order valence-electron chi connectivity index (χ1n) is 4.86. The summed E-state index contributed by atoms with van der Waals surface area (Å²) in [5.74, 6) is 0. The number of aryl methyl sites for hydroxylation is 1. The van der Waals surface area contributed by atoms with Crippen molar-refractivity contribution in [3.8, 4) is 0 Å². The number of hydrogen-bond acceptors (Lipinski definition) is 10. The molecule has 0 spiro atoms.